The summed E-state index contributed by atoms with van der Waals surface area (Å²) in [6.07, 6.45) is 0.203. The highest BCUT2D eigenvalue weighted by Gasteiger charge is 2.39. The van der Waals surface area contributed by atoms with Crippen molar-refractivity contribution in [1.29, 1.82) is 0 Å². The Hall–Kier alpha value is -2.14. The number of halogens is 1. The number of hydrogen-bond donors (Lipinski definition) is 0. The molecule has 1 aliphatic rings. The van der Waals surface area contributed by atoms with Gasteiger partial charge in [-0.2, -0.15) is 4.31 Å². The van der Waals surface area contributed by atoms with Gasteiger partial charge in [0.25, 0.3) is 0 Å². The normalized spacial score (nSPS) is 18.5. The summed E-state index contributed by atoms with van der Waals surface area (Å²) in [4.78, 5) is 0.879. The third-order valence-electron chi connectivity index (χ3n) is 4.95. The van der Waals surface area contributed by atoms with E-state index in [2.05, 4.69) is 0 Å². The molecule has 1 fully saturated rings. The third kappa shape index (κ3) is 5.20. The van der Waals surface area contributed by atoms with Crippen LogP contribution in [0.25, 0.3) is 0 Å². The smallest absolute Gasteiger partial charge is 0.243 e. The molecule has 1 aliphatic heterocycles. The molecule has 0 spiro atoms. The number of rotatable bonds is 7. The van der Waals surface area contributed by atoms with E-state index in [0.29, 0.717) is 10.9 Å². The van der Waals surface area contributed by atoms with Crippen LogP contribution < -0.4 is 0 Å². The van der Waals surface area contributed by atoms with Crippen molar-refractivity contribution < 1.29 is 25.6 Å². The highest BCUT2D eigenvalue weighted by molar-refractivity contribution is 7.99. The summed E-state index contributed by atoms with van der Waals surface area (Å²) < 4.78 is 70.9. The van der Waals surface area contributed by atoms with Crippen molar-refractivity contribution in [3.05, 3.63) is 78.3 Å². The third-order valence-corrected chi connectivity index (χ3v) is 9.54. The van der Waals surface area contributed by atoms with Gasteiger partial charge in [-0.15, -0.1) is 0 Å². The van der Waals surface area contributed by atoms with Crippen molar-refractivity contribution >= 4 is 31.6 Å². The lowest BCUT2D eigenvalue weighted by molar-refractivity contribution is 0.296. The fraction of sp³-hybridized carbons (Fsp3) is 0.238. The largest absolute Gasteiger partial charge is 0.453 e. The number of nitrogens with zero attached hydrogens (tertiary/aromatic N) is 1. The van der Waals surface area contributed by atoms with Crippen LogP contribution in [-0.4, -0.2) is 38.7 Å². The van der Waals surface area contributed by atoms with Gasteiger partial charge in [-0.05, 0) is 55.0 Å². The van der Waals surface area contributed by atoms with Crippen molar-refractivity contribution in [2.45, 2.75) is 33.9 Å². The monoisotopic (exact) mass is 481 g/mol. The summed E-state index contributed by atoms with van der Waals surface area (Å²) in [6, 6.07) is 16.8. The van der Waals surface area contributed by atoms with Crippen LogP contribution in [0.15, 0.2) is 86.0 Å². The Morgan fingerprint density at radius 1 is 1.03 bits per heavy atom. The van der Waals surface area contributed by atoms with Crippen molar-refractivity contribution in [1.82, 2.24) is 4.31 Å². The lowest BCUT2D eigenvalue weighted by atomic mass is 10.2. The molecule has 31 heavy (non-hydrogen) atoms. The zero-order valence-corrected chi connectivity index (χ0v) is 18.8. The molecule has 1 atom stereocenters. The maximum absolute atomic E-state index is 13.3. The molecule has 0 N–H and O–H groups in total. The predicted molar refractivity (Wildman–Crippen MR) is 115 cm³/mol. The van der Waals surface area contributed by atoms with E-state index in [1.807, 2.05) is 30.3 Å². The van der Waals surface area contributed by atoms with E-state index in [1.165, 1.54) is 23.9 Å². The summed E-state index contributed by atoms with van der Waals surface area (Å²) in [5.74, 6) is -0.476. The van der Waals surface area contributed by atoms with Crippen LogP contribution in [0.3, 0.4) is 0 Å². The highest BCUT2D eigenvalue weighted by Crippen LogP contribution is 2.32. The van der Waals surface area contributed by atoms with Crippen LogP contribution in [0, 0.1) is 5.82 Å². The summed E-state index contributed by atoms with van der Waals surface area (Å²) in [7, 11) is -7.38. The Labute approximate surface area is 185 Å². The van der Waals surface area contributed by atoms with Crippen molar-refractivity contribution in [3.8, 4) is 0 Å². The van der Waals surface area contributed by atoms with Gasteiger partial charge in [0.05, 0.1) is 22.9 Å². The molecular weight excluding hydrogens is 461 g/mol. The fourth-order valence-corrected chi connectivity index (χ4v) is 7.67. The average Bonchev–Trinajstić information content (AvgIpc) is 3.32. The molecule has 164 valence electrons. The van der Waals surface area contributed by atoms with Gasteiger partial charge < -0.3 is 4.42 Å². The lowest BCUT2D eigenvalue weighted by Crippen LogP contribution is -2.40. The maximum Gasteiger partial charge on any atom is 0.243 e. The minimum absolute atomic E-state index is 0.0691. The minimum atomic E-state index is -4.06. The van der Waals surface area contributed by atoms with Crippen LogP contribution in [0.5, 0.6) is 0 Å². The van der Waals surface area contributed by atoms with E-state index in [0.717, 1.165) is 21.3 Å². The van der Waals surface area contributed by atoms with E-state index >= 15 is 0 Å². The molecule has 3 aromatic rings. The summed E-state index contributed by atoms with van der Waals surface area (Å²) in [5, 5.41) is 0.597. The van der Waals surface area contributed by atoms with Crippen LogP contribution in [0.2, 0.25) is 0 Å². The van der Waals surface area contributed by atoms with Crippen molar-refractivity contribution in [2.75, 3.05) is 11.5 Å². The molecule has 0 unspecified atom stereocenters. The van der Waals surface area contributed by atoms with E-state index in [1.54, 1.807) is 12.1 Å². The second-order valence-corrected chi connectivity index (χ2v) is 12.4. The zero-order chi connectivity index (χ0) is 22.1. The molecule has 2 aromatic carbocycles. The number of furan rings is 1. The summed E-state index contributed by atoms with van der Waals surface area (Å²) >= 11 is 1.40. The van der Waals surface area contributed by atoms with Crippen LogP contribution >= 0.6 is 11.8 Å². The molecule has 0 bridgehead atoms. The second-order valence-electron chi connectivity index (χ2n) is 7.20. The molecule has 6 nitrogen and oxygen atoms in total. The van der Waals surface area contributed by atoms with Crippen molar-refractivity contribution in [3.63, 3.8) is 0 Å². The lowest BCUT2D eigenvalue weighted by Gasteiger charge is -2.26. The number of hydrogen-bond acceptors (Lipinski definition) is 6. The molecule has 0 amide bonds. The quantitative estimate of drug-likeness (QED) is 0.508. The molecular formula is C21H20FNO5S3. The van der Waals surface area contributed by atoms with E-state index in [9.17, 15) is 21.2 Å². The topological polar surface area (TPSA) is 84.7 Å². The van der Waals surface area contributed by atoms with Crippen LogP contribution in [0.4, 0.5) is 4.39 Å². The van der Waals surface area contributed by atoms with Gasteiger partial charge in [0, 0.05) is 10.9 Å². The first kappa shape index (κ1) is 22.1. The van der Waals surface area contributed by atoms with Gasteiger partial charge in [-0.3, -0.25) is 0 Å². The molecule has 0 saturated carbocycles. The number of sulfonamides is 1. The van der Waals surface area contributed by atoms with Gasteiger partial charge >= 0.3 is 0 Å². The van der Waals surface area contributed by atoms with Gasteiger partial charge in [0.2, 0.25) is 10.0 Å². The molecule has 0 aliphatic carbocycles. The first-order chi connectivity index (χ1) is 14.7. The Morgan fingerprint density at radius 3 is 2.39 bits per heavy atom. The van der Waals surface area contributed by atoms with E-state index in [-0.39, 0.29) is 29.4 Å². The number of benzene rings is 2. The molecule has 0 radical (unpaired) electrons. The first-order valence-electron chi connectivity index (χ1n) is 9.52. The maximum atomic E-state index is 13.3. The number of sulfone groups is 1. The average molecular weight is 482 g/mol. The molecule has 2 heterocycles. The van der Waals surface area contributed by atoms with E-state index in [4.69, 9.17) is 4.42 Å². The molecule has 10 heteroatoms. The van der Waals surface area contributed by atoms with Gasteiger partial charge in [-0.1, -0.05) is 30.0 Å². The Bertz CT molecular complexity index is 1260. The van der Waals surface area contributed by atoms with Gasteiger partial charge in [0.1, 0.15) is 11.6 Å². The predicted octanol–water partition coefficient (Wildman–Crippen LogP) is 3.95. The molecule has 4 rings (SSSR count). The van der Waals surface area contributed by atoms with Crippen LogP contribution in [-0.2, 0) is 26.4 Å². The minimum Gasteiger partial charge on any atom is -0.453 e. The highest BCUT2D eigenvalue weighted by atomic mass is 32.2. The second kappa shape index (κ2) is 8.78. The van der Waals surface area contributed by atoms with Crippen molar-refractivity contribution in [2.24, 2.45) is 0 Å². The van der Waals surface area contributed by atoms with E-state index < -0.39 is 31.7 Å². The fourth-order valence-electron chi connectivity index (χ4n) is 3.41. The Morgan fingerprint density at radius 2 is 1.74 bits per heavy atom. The Kier molecular flexibility index (Phi) is 6.25. The standard InChI is InChI=1S/C21H20FNO5S3/c22-16-6-9-20(10-7-16)31(26,27)23(17-12-13-30(24,25)15-17)14-18-8-11-21(28-18)29-19-4-2-1-3-5-19/h1-11,17H,12-15H2/t17-/m0/s1. The Balaban J connectivity index is 1.62. The molecule has 1 aromatic heterocycles. The van der Waals surface area contributed by atoms with Gasteiger partial charge in [0.15, 0.2) is 14.9 Å². The van der Waals surface area contributed by atoms with Gasteiger partial charge in [-0.25, -0.2) is 21.2 Å². The first-order valence-corrected chi connectivity index (χ1v) is 13.6. The van der Waals surface area contributed by atoms with Crippen LogP contribution in [0.1, 0.15) is 12.2 Å². The summed E-state index contributed by atoms with van der Waals surface area (Å²) in [5.41, 5.74) is 0. The summed E-state index contributed by atoms with van der Waals surface area (Å²) in [6.45, 7) is -0.116. The molecule has 1 saturated heterocycles. The zero-order valence-electron chi connectivity index (χ0n) is 16.3. The SMILES string of the molecule is O=S1(=O)CC[C@H](N(Cc2ccc(Sc3ccccc3)o2)S(=O)(=O)c2ccc(F)cc2)C1.